The second-order valence-electron chi connectivity index (χ2n) is 8.70. The van der Waals surface area contributed by atoms with Gasteiger partial charge in [-0.2, -0.15) is 0 Å². The first kappa shape index (κ1) is 21.2. The summed E-state index contributed by atoms with van der Waals surface area (Å²) in [6, 6.07) is 5.59. The fourth-order valence-electron chi connectivity index (χ4n) is 4.81. The van der Waals surface area contributed by atoms with Crippen molar-refractivity contribution in [2.24, 2.45) is 0 Å². The third-order valence-electron chi connectivity index (χ3n) is 6.68. The monoisotopic (exact) mass is 420 g/mol. The van der Waals surface area contributed by atoms with E-state index in [2.05, 4.69) is 28.3 Å². The average molecular weight is 421 g/mol. The Morgan fingerprint density at radius 2 is 1.90 bits per heavy atom. The van der Waals surface area contributed by atoms with Gasteiger partial charge in [-0.1, -0.05) is 13.0 Å². The van der Waals surface area contributed by atoms with E-state index in [1.54, 1.807) is 12.1 Å². The number of aryl methyl sites for hydroxylation is 2. The number of imide groups is 1. The Labute approximate surface area is 182 Å². The molecular formula is C24H28N4O3. The van der Waals surface area contributed by atoms with Crippen LogP contribution < -0.4 is 5.32 Å². The molecule has 0 saturated carbocycles. The van der Waals surface area contributed by atoms with Crippen molar-refractivity contribution in [3.63, 3.8) is 0 Å². The summed E-state index contributed by atoms with van der Waals surface area (Å²) in [6.45, 7) is 7.37. The summed E-state index contributed by atoms with van der Waals surface area (Å²) >= 11 is 0. The zero-order valence-corrected chi connectivity index (χ0v) is 18.3. The number of nitrogens with one attached hydrogen (secondary N) is 1. The summed E-state index contributed by atoms with van der Waals surface area (Å²) in [5.41, 5.74) is 3.61. The predicted octanol–water partition coefficient (Wildman–Crippen LogP) is 2.81. The molecule has 1 unspecified atom stereocenters. The van der Waals surface area contributed by atoms with E-state index >= 15 is 0 Å². The van der Waals surface area contributed by atoms with Crippen molar-refractivity contribution in [3.05, 3.63) is 58.7 Å². The highest BCUT2D eigenvalue weighted by atomic mass is 16.2. The summed E-state index contributed by atoms with van der Waals surface area (Å²) < 4.78 is 0. The van der Waals surface area contributed by atoms with E-state index < -0.39 is 5.41 Å². The van der Waals surface area contributed by atoms with Crippen LogP contribution in [0.2, 0.25) is 0 Å². The third-order valence-corrected chi connectivity index (χ3v) is 6.68. The molecule has 4 heterocycles. The molecule has 31 heavy (non-hydrogen) atoms. The summed E-state index contributed by atoms with van der Waals surface area (Å²) in [5, 5.41) is 2.37. The molecule has 0 aliphatic carbocycles. The smallest absolute Gasteiger partial charge is 0.255 e. The maximum absolute atomic E-state index is 13.0. The molecule has 0 aromatic carbocycles. The first-order valence-electron chi connectivity index (χ1n) is 10.9. The standard InChI is InChI=1S/C24H28N4O3/c1-4-24(12-20(29)27-23(24)31)19-6-5-18(14-25-19)22(30)28-9-7-17(8-10-28)21-16(3)11-15(2)13-26-21/h5-6,11,13-14,17H,4,7-10,12H2,1-3H3,(H,27,29,31). The number of piperidine rings is 1. The number of rotatable bonds is 4. The quantitative estimate of drug-likeness (QED) is 0.768. The van der Waals surface area contributed by atoms with E-state index in [9.17, 15) is 14.4 Å². The van der Waals surface area contributed by atoms with Gasteiger partial charge in [-0.25, -0.2) is 0 Å². The summed E-state index contributed by atoms with van der Waals surface area (Å²) in [5.74, 6) is -0.278. The van der Waals surface area contributed by atoms with E-state index in [1.165, 1.54) is 11.8 Å². The first-order chi connectivity index (χ1) is 14.8. The largest absolute Gasteiger partial charge is 0.339 e. The number of nitrogens with zero attached hydrogens (tertiary/aromatic N) is 3. The fourth-order valence-corrected chi connectivity index (χ4v) is 4.81. The van der Waals surface area contributed by atoms with Gasteiger partial charge in [0.15, 0.2) is 0 Å². The molecule has 3 amide bonds. The summed E-state index contributed by atoms with van der Waals surface area (Å²) in [7, 11) is 0. The Hall–Kier alpha value is -3.09. The lowest BCUT2D eigenvalue weighted by Gasteiger charge is -2.32. The number of carbonyl (C=O) groups excluding carboxylic acids is 3. The van der Waals surface area contributed by atoms with Crippen LogP contribution >= 0.6 is 0 Å². The highest BCUT2D eigenvalue weighted by Gasteiger charge is 2.47. The summed E-state index contributed by atoms with van der Waals surface area (Å²) in [4.78, 5) is 48.0. The zero-order chi connectivity index (χ0) is 22.2. The Morgan fingerprint density at radius 1 is 1.16 bits per heavy atom. The van der Waals surface area contributed by atoms with Crippen molar-refractivity contribution < 1.29 is 14.4 Å². The van der Waals surface area contributed by atoms with Gasteiger partial charge in [-0.3, -0.25) is 29.7 Å². The maximum atomic E-state index is 13.0. The van der Waals surface area contributed by atoms with Crippen molar-refractivity contribution in [1.82, 2.24) is 20.2 Å². The lowest BCUT2D eigenvalue weighted by Crippen LogP contribution is -2.38. The van der Waals surface area contributed by atoms with Crippen LogP contribution in [0.4, 0.5) is 0 Å². The molecule has 2 aliphatic rings. The molecule has 2 aromatic rings. The molecule has 2 fully saturated rings. The summed E-state index contributed by atoms with van der Waals surface area (Å²) in [6.07, 6.45) is 5.79. The second-order valence-corrected chi connectivity index (χ2v) is 8.70. The molecular weight excluding hydrogens is 392 g/mol. The number of amides is 3. The van der Waals surface area contributed by atoms with Crippen molar-refractivity contribution in [2.45, 2.75) is 57.8 Å². The SMILES string of the molecule is CCC1(c2ccc(C(=O)N3CCC(c4ncc(C)cc4C)CC3)cn2)CC(=O)NC1=O. The topological polar surface area (TPSA) is 92.3 Å². The minimum atomic E-state index is -0.935. The average Bonchev–Trinajstić information content (AvgIpc) is 3.07. The highest BCUT2D eigenvalue weighted by molar-refractivity contribution is 6.08. The molecule has 0 bridgehead atoms. The molecule has 1 N–H and O–H groups in total. The van der Waals surface area contributed by atoms with E-state index in [1.807, 2.05) is 24.9 Å². The van der Waals surface area contributed by atoms with Crippen LogP contribution in [0.3, 0.4) is 0 Å². The van der Waals surface area contributed by atoms with Crippen LogP contribution in [-0.4, -0.2) is 45.7 Å². The molecule has 1 atom stereocenters. The van der Waals surface area contributed by atoms with E-state index in [4.69, 9.17) is 0 Å². The van der Waals surface area contributed by atoms with E-state index in [0.717, 1.165) is 24.1 Å². The molecule has 162 valence electrons. The van der Waals surface area contributed by atoms with Crippen molar-refractivity contribution in [1.29, 1.82) is 0 Å². The minimum Gasteiger partial charge on any atom is -0.339 e. The number of aromatic nitrogens is 2. The highest BCUT2D eigenvalue weighted by Crippen LogP contribution is 2.35. The van der Waals surface area contributed by atoms with Gasteiger partial charge >= 0.3 is 0 Å². The molecule has 7 nitrogen and oxygen atoms in total. The Balaban J connectivity index is 1.44. The fraction of sp³-hybridized carbons (Fsp3) is 0.458. The van der Waals surface area contributed by atoms with E-state index in [-0.39, 0.29) is 24.1 Å². The lowest BCUT2D eigenvalue weighted by molar-refractivity contribution is -0.126. The van der Waals surface area contributed by atoms with E-state index in [0.29, 0.717) is 36.7 Å². The van der Waals surface area contributed by atoms with Gasteiger partial charge in [-0.05, 0) is 56.4 Å². The van der Waals surface area contributed by atoms with Gasteiger partial charge in [0.25, 0.3) is 5.91 Å². The molecule has 4 rings (SSSR count). The normalized spacial score (nSPS) is 22.0. The molecule has 2 saturated heterocycles. The van der Waals surface area contributed by atoms with Gasteiger partial charge < -0.3 is 4.90 Å². The molecule has 2 aliphatic heterocycles. The second kappa shape index (κ2) is 8.21. The molecule has 0 radical (unpaired) electrons. The van der Waals surface area contributed by atoms with Crippen molar-refractivity contribution in [3.8, 4) is 0 Å². The van der Waals surface area contributed by atoms with Crippen LogP contribution in [0.5, 0.6) is 0 Å². The molecule has 7 heteroatoms. The Kier molecular flexibility index (Phi) is 5.60. The Morgan fingerprint density at radius 3 is 2.45 bits per heavy atom. The molecule has 2 aromatic heterocycles. The van der Waals surface area contributed by atoms with Gasteiger partial charge in [0, 0.05) is 43.5 Å². The van der Waals surface area contributed by atoms with Gasteiger partial charge in [-0.15, -0.1) is 0 Å². The number of hydrogen-bond acceptors (Lipinski definition) is 5. The predicted molar refractivity (Wildman–Crippen MR) is 116 cm³/mol. The van der Waals surface area contributed by atoms with Gasteiger partial charge in [0.1, 0.15) is 5.41 Å². The van der Waals surface area contributed by atoms with Crippen LogP contribution in [0.1, 0.15) is 71.4 Å². The van der Waals surface area contributed by atoms with Crippen LogP contribution in [0.15, 0.2) is 30.6 Å². The van der Waals surface area contributed by atoms with Crippen LogP contribution in [-0.2, 0) is 15.0 Å². The number of pyridine rings is 2. The van der Waals surface area contributed by atoms with Crippen LogP contribution in [0.25, 0.3) is 0 Å². The molecule has 0 spiro atoms. The first-order valence-corrected chi connectivity index (χ1v) is 10.9. The number of likely N-dealkylation sites (tertiary alicyclic amines) is 1. The number of hydrogen-bond donors (Lipinski definition) is 1. The minimum absolute atomic E-state index is 0.0522. The maximum Gasteiger partial charge on any atom is 0.255 e. The van der Waals surface area contributed by atoms with Gasteiger partial charge in [0.2, 0.25) is 11.8 Å². The Bertz CT molecular complexity index is 1030. The third kappa shape index (κ3) is 3.84. The number of carbonyl (C=O) groups is 3. The van der Waals surface area contributed by atoms with Crippen molar-refractivity contribution in [2.75, 3.05) is 13.1 Å². The van der Waals surface area contributed by atoms with Gasteiger partial charge in [0.05, 0.1) is 11.3 Å². The van der Waals surface area contributed by atoms with Crippen LogP contribution in [0, 0.1) is 13.8 Å². The zero-order valence-electron chi connectivity index (χ0n) is 18.3. The lowest BCUT2D eigenvalue weighted by atomic mass is 9.79. The van der Waals surface area contributed by atoms with Crippen molar-refractivity contribution >= 4 is 17.7 Å².